The SMILES string of the molecule is CC/C=C\C/C=C\C/C=C\C/C=C\C/C=C\CCCCCCCCCCCCCC(=O)OC(COC(=O)CCCCCCCCCCCCCCCCCCCCCCCCCCCCCCCCCC)COP(=O)(O)OCCN. The fraction of sp³-hybridized carbons (Fsp3) is 0.829. The largest absolute Gasteiger partial charge is 0.472 e. The van der Waals surface area contributed by atoms with Crippen LogP contribution in [0.25, 0.3) is 0 Å². The van der Waals surface area contributed by atoms with Gasteiger partial charge in [0, 0.05) is 19.4 Å². The third-order valence-electron chi connectivity index (χ3n) is 15.2. The fourth-order valence-electron chi connectivity index (χ4n) is 10.1. The summed E-state index contributed by atoms with van der Waals surface area (Å²) in [4.78, 5) is 35.3. The number of esters is 2. The van der Waals surface area contributed by atoms with Crippen LogP contribution in [0.2, 0.25) is 0 Å². The molecule has 0 fully saturated rings. The summed E-state index contributed by atoms with van der Waals surface area (Å²) in [6.45, 7) is 3.68. The standard InChI is InChI=1S/C70H130NO8P/c1-3-5-7-9-11-13-15-17-19-21-23-25-27-29-31-32-33-34-35-37-38-40-42-44-46-48-50-52-54-56-58-60-62-69(72)76-66-68(67-78-80(74,75)77-65-64-71)79-70(73)63-61-59-57-55-53-51-49-47-45-43-41-39-36-30-28-26-24-22-20-18-16-14-12-10-8-6-4-2/h6,8,12,14,18,20,24,26,30,36,68H,3-5,7,9-11,13,15-17,19,21-23,25,27-29,31-35,37-67,71H2,1-2H3,(H,74,75)/b8-6-,14-12-,20-18-,26-24-,36-30-. The molecule has 0 aliphatic carbocycles. The molecule has 2 atom stereocenters. The number of hydrogen-bond donors (Lipinski definition) is 2. The molecule has 9 nitrogen and oxygen atoms in total. The molecule has 80 heavy (non-hydrogen) atoms. The lowest BCUT2D eigenvalue weighted by Crippen LogP contribution is -2.29. The molecule has 0 aliphatic rings. The number of carbonyl (C=O) groups excluding carboxylic acids is 2. The fourth-order valence-corrected chi connectivity index (χ4v) is 10.9. The number of ether oxygens (including phenoxy) is 2. The van der Waals surface area contributed by atoms with Crippen LogP contribution in [0.15, 0.2) is 60.8 Å². The van der Waals surface area contributed by atoms with Crippen molar-refractivity contribution in [3.63, 3.8) is 0 Å². The maximum absolute atomic E-state index is 12.7. The molecular formula is C70H130NO8P. The van der Waals surface area contributed by atoms with E-state index in [1.54, 1.807) is 0 Å². The van der Waals surface area contributed by atoms with E-state index in [2.05, 4.69) is 74.6 Å². The van der Waals surface area contributed by atoms with E-state index in [0.29, 0.717) is 6.42 Å². The van der Waals surface area contributed by atoms with Gasteiger partial charge < -0.3 is 20.1 Å². The number of allylic oxidation sites excluding steroid dienone is 10. The van der Waals surface area contributed by atoms with Crippen LogP contribution in [-0.2, 0) is 32.7 Å². The third-order valence-corrected chi connectivity index (χ3v) is 16.2. The lowest BCUT2D eigenvalue weighted by molar-refractivity contribution is -0.161. The monoisotopic (exact) mass is 1140 g/mol. The molecular weight excluding hydrogens is 1010 g/mol. The molecule has 0 heterocycles. The first-order chi connectivity index (χ1) is 39.3. The Kier molecular flexibility index (Phi) is 64.0. The summed E-state index contributed by atoms with van der Waals surface area (Å²) >= 11 is 0. The number of nitrogens with two attached hydrogens (primary N) is 1. The van der Waals surface area contributed by atoms with Crippen molar-refractivity contribution in [2.75, 3.05) is 26.4 Å². The molecule has 0 aromatic carbocycles. The van der Waals surface area contributed by atoms with Gasteiger partial charge >= 0.3 is 19.8 Å². The molecule has 0 aromatic heterocycles. The summed E-state index contributed by atoms with van der Waals surface area (Å²) in [6.07, 6.45) is 84.6. The zero-order valence-corrected chi connectivity index (χ0v) is 53.5. The highest BCUT2D eigenvalue weighted by molar-refractivity contribution is 7.47. The van der Waals surface area contributed by atoms with Gasteiger partial charge in [-0.1, -0.05) is 331 Å². The highest BCUT2D eigenvalue weighted by Gasteiger charge is 2.26. The molecule has 3 N–H and O–H groups in total. The number of phosphoric ester groups is 1. The predicted octanol–water partition coefficient (Wildman–Crippen LogP) is 22.2. The van der Waals surface area contributed by atoms with Gasteiger partial charge in [0.25, 0.3) is 0 Å². The van der Waals surface area contributed by atoms with Crippen molar-refractivity contribution >= 4 is 19.8 Å². The molecule has 2 unspecified atom stereocenters. The molecule has 0 aliphatic heterocycles. The van der Waals surface area contributed by atoms with Gasteiger partial charge in [-0.05, 0) is 57.8 Å². The average Bonchev–Trinajstić information content (AvgIpc) is 3.45. The lowest BCUT2D eigenvalue weighted by Gasteiger charge is -2.19. The van der Waals surface area contributed by atoms with Crippen LogP contribution in [0.3, 0.4) is 0 Å². The van der Waals surface area contributed by atoms with Crippen molar-refractivity contribution in [1.82, 2.24) is 0 Å². The van der Waals surface area contributed by atoms with Crippen LogP contribution in [0, 0.1) is 0 Å². The zero-order valence-electron chi connectivity index (χ0n) is 52.6. The van der Waals surface area contributed by atoms with E-state index >= 15 is 0 Å². The van der Waals surface area contributed by atoms with Gasteiger partial charge in [0.1, 0.15) is 6.61 Å². The van der Waals surface area contributed by atoms with Crippen LogP contribution >= 0.6 is 7.82 Å². The summed E-state index contributed by atoms with van der Waals surface area (Å²) in [5, 5.41) is 0. The van der Waals surface area contributed by atoms with Crippen molar-refractivity contribution in [3.05, 3.63) is 60.8 Å². The molecule has 0 saturated heterocycles. The van der Waals surface area contributed by atoms with Crippen molar-refractivity contribution in [1.29, 1.82) is 0 Å². The van der Waals surface area contributed by atoms with Gasteiger partial charge in [0.05, 0.1) is 13.2 Å². The van der Waals surface area contributed by atoms with Crippen molar-refractivity contribution < 1.29 is 37.6 Å². The van der Waals surface area contributed by atoms with E-state index < -0.39 is 26.5 Å². The van der Waals surface area contributed by atoms with Crippen molar-refractivity contribution in [3.8, 4) is 0 Å². The number of hydrogen-bond acceptors (Lipinski definition) is 8. The Morgan fingerprint density at radius 2 is 0.688 bits per heavy atom. The number of unbranched alkanes of at least 4 members (excludes halogenated alkanes) is 42. The van der Waals surface area contributed by atoms with E-state index in [0.717, 1.165) is 77.0 Å². The highest BCUT2D eigenvalue weighted by atomic mass is 31.2. The smallest absolute Gasteiger partial charge is 0.462 e. The van der Waals surface area contributed by atoms with E-state index in [1.165, 1.54) is 231 Å². The number of rotatable bonds is 65. The first-order valence-corrected chi connectivity index (χ1v) is 35.8. The average molecular weight is 1140 g/mol. The minimum atomic E-state index is -4.39. The Hall–Kier alpha value is -2.29. The summed E-state index contributed by atoms with van der Waals surface area (Å²) in [5.74, 6) is -0.816. The number of phosphoric acid groups is 1. The maximum atomic E-state index is 12.7. The van der Waals surface area contributed by atoms with E-state index in [-0.39, 0.29) is 38.6 Å². The maximum Gasteiger partial charge on any atom is 0.472 e. The molecule has 0 radical (unpaired) electrons. The van der Waals surface area contributed by atoms with Gasteiger partial charge in [-0.15, -0.1) is 0 Å². The predicted molar refractivity (Wildman–Crippen MR) is 344 cm³/mol. The minimum Gasteiger partial charge on any atom is -0.462 e. The van der Waals surface area contributed by atoms with E-state index in [4.69, 9.17) is 24.3 Å². The summed E-state index contributed by atoms with van der Waals surface area (Å²) in [7, 11) is -4.39. The molecule has 0 amide bonds. The normalized spacial score (nSPS) is 13.3. The Balaban J connectivity index is 3.85. The summed E-state index contributed by atoms with van der Waals surface area (Å²) in [5.41, 5.74) is 5.40. The van der Waals surface area contributed by atoms with Crippen LogP contribution in [0.5, 0.6) is 0 Å². The molecule has 468 valence electrons. The second-order valence-electron chi connectivity index (χ2n) is 23.0. The van der Waals surface area contributed by atoms with Crippen LogP contribution in [0.4, 0.5) is 0 Å². The second-order valence-corrected chi connectivity index (χ2v) is 24.5. The number of carbonyl (C=O) groups is 2. The Morgan fingerprint density at radius 1 is 0.388 bits per heavy atom. The third kappa shape index (κ3) is 64.9. The molecule has 0 bridgehead atoms. The molecule has 0 saturated carbocycles. The Bertz CT molecular complexity index is 1490. The van der Waals surface area contributed by atoms with Gasteiger partial charge in [-0.2, -0.15) is 0 Å². The minimum absolute atomic E-state index is 0.0527. The Morgan fingerprint density at radius 3 is 1.02 bits per heavy atom. The molecule has 10 heteroatoms. The highest BCUT2D eigenvalue weighted by Crippen LogP contribution is 2.43. The van der Waals surface area contributed by atoms with Crippen LogP contribution < -0.4 is 5.73 Å². The van der Waals surface area contributed by atoms with Crippen LogP contribution in [-0.4, -0.2) is 49.3 Å². The quantitative estimate of drug-likeness (QED) is 0.0264. The van der Waals surface area contributed by atoms with E-state index in [9.17, 15) is 19.0 Å². The van der Waals surface area contributed by atoms with Crippen molar-refractivity contribution in [2.24, 2.45) is 5.73 Å². The first kappa shape index (κ1) is 77.7. The van der Waals surface area contributed by atoms with Crippen LogP contribution in [0.1, 0.15) is 341 Å². The van der Waals surface area contributed by atoms with Gasteiger partial charge in [-0.3, -0.25) is 18.6 Å². The lowest BCUT2D eigenvalue weighted by atomic mass is 10.0. The topological polar surface area (TPSA) is 134 Å². The molecule has 0 spiro atoms. The second kappa shape index (κ2) is 65.9. The van der Waals surface area contributed by atoms with Gasteiger partial charge in [0.2, 0.25) is 0 Å². The van der Waals surface area contributed by atoms with Gasteiger partial charge in [0.15, 0.2) is 6.10 Å². The first-order valence-electron chi connectivity index (χ1n) is 34.3. The zero-order chi connectivity index (χ0) is 58.0. The van der Waals surface area contributed by atoms with Crippen molar-refractivity contribution in [2.45, 2.75) is 347 Å². The summed E-state index contributed by atoms with van der Waals surface area (Å²) in [6, 6.07) is 0. The Labute approximate surface area is 495 Å². The molecule has 0 rings (SSSR count). The van der Waals surface area contributed by atoms with E-state index in [1.807, 2.05) is 0 Å². The summed E-state index contributed by atoms with van der Waals surface area (Å²) < 4.78 is 33.2. The molecule has 0 aromatic rings. The van der Waals surface area contributed by atoms with Gasteiger partial charge in [-0.25, -0.2) is 4.57 Å².